The Kier molecular flexibility index (Phi) is 4.24. The van der Waals surface area contributed by atoms with Gasteiger partial charge < -0.3 is 4.42 Å². The van der Waals surface area contributed by atoms with Gasteiger partial charge in [-0.15, -0.1) is 11.3 Å². The van der Waals surface area contributed by atoms with Crippen LogP contribution in [0.15, 0.2) is 21.8 Å². The number of nitrogens with zero attached hydrogens (tertiary/aromatic N) is 1. The van der Waals surface area contributed by atoms with Crippen LogP contribution in [-0.4, -0.2) is 16.5 Å². The molecule has 0 fully saturated rings. The van der Waals surface area contributed by atoms with Crippen LogP contribution >= 0.6 is 23.1 Å². The summed E-state index contributed by atoms with van der Waals surface area (Å²) in [5.74, 6) is 1.33. The topological polar surface area (TPSA) is 43.1 Å². The zero-order chi connectivity index (χ0) is 13.1. The highest BCUT2D eigenvalue weighted by atomic mass is 32.2. The van der Waals surface area contributed by atoms with E-state index in [-0.39, 0.29) is 5.78 Å². The van der Waals surface area contributed by atoms with Crippen LogP contribution in [0.2, 0.25) is 0 Å². The van der Waals surface area contributed by atoms with Gasteiger partial charge in [-0.25, -0.2) is 4.98 Å². The average Bonchev–Trinajstić information content (AvgIpc) is 2.94. The van der Waals surface area contributed by atoms with Crippen LogP contribution in [0.25, 0.3) is 0 Å². The Hall–Kier alpha value is -1.07. The van der Waals surface area contributed by atoms with E-state index in [9.17, 15) is 4.79 Å². The van der Waals surface area contributed by atoms with Crippen molar-refractivity contribution in [3.05, 3.63) is 33.3 Å². The van der Waals surface area contributed by atoms with Gasteiger partial charge in [-0.2, -0.15) is 0 Å². The van der Waals surface area contributed by atoms with Crippen molar-refractivity contribution in [2.45, 2.75) is 32.4 Å². The van der Waals surface area contributed by atoms with E-state index in [1.165, 1.54) is 16.6 Å². The maximum atomic E-state index is 12.0. The van der Waals surface area contributed by atoms with Crippen molar-refractivity contribution in [1.82, 2.24) is 4.98 Å². The third-order valence-electron chi connectivity index (χ3n) is 2.62. The minimum absolute atomic E-state index is 0.137. The van der Waals surface area contributed by atoms with Crippen molar-refractivity contribution in [1.29, 1.82) is 0 Å². The molecule has 2 aromatic rings. The van der Waals surface area contributed by atoms with Gasteiger partial charge in [-0.1, -0.05) is 18.7 Å². The van der Waals surface area contributed by atoms with E-state index in [4.69, 9.17) is 4.42 Å². The predicted molar refractivity (Wildman–Crippen MR) is 74.7 cm³/mol. The number of hydrogen-bond donors (Lipinski definition) is 0. The predicted octanol–water partition coefficient (Wildman–Crippen LogP) is 3.89. The zero-order valence-electron chi connectivity index (χ0n) is 10.6. The summed E-state index contributed by atoms with van der Waals surface area (Å²) in [7, 11) is 0. The van der Waals surface area contributed by atoms with Gasteiger partial charge in [-0.05, 0) is 32.4 Å². The standard InChI is InChI=1S/C13H15NO2S2/c1-4-10-5-6-12(18-10)11(15)7-17-13-14-8(2)9(3)16-13/h5-6H,4,7H2,1-3H3. The first-order valence-electron chi connectivity index (χ1n) is 5.79. The number of aryl methyl sites for hydroxylation is 3. The van der Waals surface area contributed by atoms with Crippen LogP contribution in [0, 0.1) is 13.8 Å². The van der Waals surface area contributed by atoms with Gasteiger partial charge in [0.05, 0.1) is 16.3 Å². The van der Waals surface area contributed by atoms with Crippen molar-refractivity contribution in [3.63, 3.8) is 0 Å². The molecule has 18 heavy (non-hydrogen) atoms. The third kappa shape index (κ3) is 3.03. The summed E-state index contributed by atoms with van der Waals surface area (Å²) in [6, 6.07) is 3.92. The molecule has 0 aromatic carbocycles. The Labute approximate surface area is 115 Å². The maximum Gasteiger partial charge on any atom is 0.256 e. The van der Waals surface area contributed by atoms with Gasteiger partial charge in [0.15, 0.2) is 5.78 Å². The van der Waals surface area contributed by atoms with E-state index in [2.05, 4.69) is 11.9 Å². The molecule has 0 saturated carbocycles. The normalized spacial score (nSPS) is 10.8. The molecule has 3 nitrogen and oxygen atoms in total. The van der Waals surface area contributed by atoms with Crippen molar-refractivity contribution < 1.29 is 9.21 Å². The molecule has 2 aromatic heterocycles. The first-order chi connectivity index (χ1) is 8.60. The number of Topliss-reactive ketones (excluding diaryl/α,β-unsaturated/α-hetero) is 1. The smallest absolute Gasteiger partial charge is 0.256 e. The maximum absolute atomic E-state index is 12.0. The van der Waals surface area contributed by atoms with E-state index >= 15 is 0 Å². The van der Waals surface area contributed by atoms with Gasteiger partial charge >= 0.3 is 0 Å². The quantitative estimate of drug-likeness (QED) is 0.616. The Bertz CT molecular complexity index is 538. The van der Waals surface area contributed by atoms with E-state index in [0.717, 1.165) is 22.8 Å². The minimum atomic E-state index is 0.137. The molecule has 2 rings (SSSR count). The molecule has 0 radical (unpaired) electrons. The zero-order valence-corrected chi connectivity index (χ0v) is 12.3. The Morgan fingerprint density at radius 3 is 2.78 bits per heavy atom. The number of aromatic nitrogens is 1. The van der Waals surface area contributed by atoms with Crippen LogP contribution in [-0.2, 0) is 6.42 Å². The molecule has 0 aliphatic heterocycles. The molecule has 0 aliphatic carbocycles. The molecule has 0 unspecified atom stereocenters. The molecule has 2 heterocycles. The SMILES string of the molecule is CCc1ccc(C(=O)CSc2nc(C)c(C)o2)s1. The monoisotopic (exact) mass is 281 g/mol. The van der Waals surface area contributed by atoms with Crippen molar-refractivity contribution in [2.24, 2.45) is 0 Å². The van der Waals surface area contributed by atoms with Crippen LogP contribution in [0.4, 0.5) is 0 Å². The second kappa shape index (κ2) is 5.71. The van der Waals surface area contributed by atoms with Gasteiger partial charge in [0.25, 0.3) is 5.22 Å². The summed E-state index contributed by atoms with van der Waals surface area (Å²) in [4.78, 5) is 18.3. The number of carbonyl (C=O) groups excluding carboxylic acids is 1. The molecule has 0 N–H and O–H groups in total. The molecule has 0 saturated heterocycles. The van der Waals surface area contributed by atoms with E-state index in [1.54, 1.807) is 11.3 Å². The molecule has 0 bridgehead atoms. The van der Waals surface area contributed by atoms with Crippen molar-refractivity contribution in [2.75, 3.05) is 5.75 Å². The fourth-order valence-corrected chi connectivity index (χ4v) is 3.19. The van der Waals surface area contributed by atoms with E-state index in [0.29, 0.717) is 11.0 Å². The lowest BCUT2D eigenvalue weighted by Crippen LogP contribution is -1.99. The first kappa shape index (κ1) is 13.4. The molecule has 0 amide bonds. The van der Waals surface area contributed by atoms with E-state index in [1.807, 2.05) is 26.0 Å². The van der Waals surface area contributed by atoms with Crippen LogP contribution < -0.4 is 0 Å². The molecule has 96 valence electrons. The highest BCUT2D eigenvalue weighted by Crippen LogP contribution is 2.23. The Morgan fingerprint density at radius 2 is 2.22 bits per heavy atom. The number of carbonyl (C=O) groups is 1. The van der Waals surface area contributed by atoms with Crippen LogP contribution in [0.1, 0.15) is 32.9 Å². The number of rotatable bonds is 5. The number of thiophene rings is 1. The average molecular weight is 281 g/mol. The minimum Gasteiger partial charge on any atom is -0.437 e. The summed E-state index contributed by atoms with van der Waals surface area (Å²) in [6.45, 7) is 5.87. The summed E-state index contributed by atoms with van der Waals surface area (Å²) >= 11 is 2.93. The summed E-state index contributed by atoms with van der Waals surface area (Å²) < 4.78 is 5.43. The van der Waals surface area contributed by atoms with Crippen molar-refractivity contribution >= 4 is 28.9 Å². The van der Waals surface area contributed by atoms with E-state index < -0.39 is 0 Å². The number of thioether (sulfide) groups is 1. The van der Waals surface area contributed by atoms with Gasteiger partial charge in [0.1, 0.15) is 5.76 Å². The molecule has 0 spiro atoms. The summed E-state index contributed by atoms with van der Waals surface area (Å²) in [5, 5.41) is 0.575. The highest BCUT2D eigenvalue weighted by molar-refractivity contribution is 7.99. The van der Waals surface area contributed by atoms with Crippen LogP contribution in [0.3, 0.4) is 0 Å². The van der Waals surface area contributed by atoms with Gasteiger partial charge in [-0.3, -0.25) is 4.79 Å². The Morgan fingerprint density at radius 1 is 1.44 bits per heavy atom. The van der Waals surface area contributed by atoms with Gasteiger partial charge in [0.2, 0.25) is 0 Å². The lowest BCUT2D eigenvalue weighted by atomic mass is 10.3. The lowest BCUT2D eigenvalue weighted by Gasteiger charge is -1.94. The molecule has 5 heteroatoms. The fraction of sp³-hybridized carbons (Fsp3) is 0.385. The summed E-state index contributed by atoms with van der Waals surface area (Å²) in [5.41, 5.74) is 0.884. The second-order valence-electron chi connectivity index (χ2n) is 3.95. The number of hydrogen-bond acceptors (Lipinski definition) is 5. The molecular weight excluding hydrogens is 266 g/mol. The van der Waals surface area contributed by atoms with Crippen molar-refractivity contribution in [3.8, 4) is 0 Å². The highest BCUT2D eigenvalue weighted by Gasteiger charge is 2.12. The molecule has 0 aliphatic rings. The third-order valence-corrected chi connectivity index (χ3v) is 4.72. The second-order valence-corrected chi connectivity index (χ2v) is 6.05. The number of oxazole rings is 1. The first-order valence-corrected chi connectivity index (χ1v) is 7.59. The van der Waals surface area contributed by atoms with Crippen LogP contribution in [0.5, 0.6) is 0 Å². The number of ketones is 1. The van der Waals surface area contributed by atoms with Gasteiger partial charge in [0, 0.05) is 4.88 Å². The fourth-order valence-electron chi connectivity index (χ4n) is 1.42. The molecule has 0 atom stereocenters. The Balaban J connectivity index is 1.95. The summed E-state index contributed by atoms with van der Waals surface area (Å²) in [6.07, 6.45) is 0.975. The lowest BCUT2D eigenvalue weighted by molar-refractivity contribution is 0.102. The largest absolute Gasteiger partial charge is 0.437 e. The molecular formula is C13H15NO2S2.